The average Bonchev–Trinajstić information content (AvgIpc) is 3.10. The van der Waals surface area contributed by atoms with Gasteiger partial charge in [-0.2, -0.15) is 0 Å². The smallest absolute Gasteiger partial charge is 0.343 e. The summed E-state index contributed by atoms with van der Waals surface area (Å²) < 4.78 is 17.8. The summed E-state index contributed by atoms with van der Waals surface area (Å²) in [4.78, 5) is 54.7. The third-order valence-corrected chi connectivity index (χ3v) is 6.96. The first-order valence-corrected chi connectivity index (χ1v) is 14.0. The molecule has 0 unspecified atom stereocenters. The Bertz CT molecular complexity index is 2020. The molecule has 7 nitrogen and oxygen atoms in total. The lowest BCUT2D eigenvalue weighted by Gasteiger charge is -2.20. The Kier molecular flexibility index (Phi) is 8.24. The largest absolute Gasteiger partial charge is 0.418 e. The van der Waals surface area contributed by atoms with Crippen molar-refractivity contribution in [3.05, 3.63) is 173 Å². The van der Waals surface area contributed by atoms with Crippen molar-refractivity contribution in [2.75, 3.05) is 0 Å². The Balaban J connectivity index is 1.63. The first-order valence-electron chi connectivity index (χ1n) is 14.0. The molecule has 45 heavy (non-hydrogen) atoms. The molecule has 6 rings (SSSR count). The molecule has 7 heteroatoms. The molecule has 6 aromatic carbocycles. The van der Waals surface area contributed by atoms with Crippen LogP contribution in [-0.4, -0.2) is 23.7 Å². The van der Waals surface area contributed by atoms with Crippen LogP contribution in [0.3, 0.4) is 0 Å². The van der Waals surface area contributed by atoms with Gasteiger partial charge in [0.15, 0.2) is 17.3 Å². The van der Waals surface area contributed by atoms with Crippen molar-refractivity contribution >= 4 is 34.5 Å². The Morgan fingerprint density at radius 2 is 0.667 bits per heavy atom. The summed E-state index contributed by atoms with van der Waals surface area (Å²) in [7, 11) is 0. The minimum atomic E-state index is -0.821. The second kappa shape index (κ2) is 12.9. The molecule has 6 aromatic rings. The lowest BCUT2D eigenvalue weighted by molar-refractivity contribution is 0.0658. The molecule has 0 aliphatic rings. The zero-order valence-corrected chi connectivity index (χ0v) is 23.7. The number of esters is 3. The molecule has 0 aliphatic carbocycles. The SMILES string of the molecule is O=C(Oc1c(OC(=O)c2ccccc2)c(C(=O)c2ccccc2)c2ccccc2c1OC(=O)c1ccccc1)c1ccccc1. The van der Waals surface area contributed by atoms with Crippen molar-refractivity contribution in [2.45, 2.75) is 0 Å². The van der Waals surface area contributed by atoms with Crippen LogP contribution in [0.2, 0.25) is 0 Å². The van der Waals surface area contributed by atoms with Crippen LogP contribution in [0.25, 0.3) is 10.8 Å². The Morgan fingerprint density at radius 3 is 1.11 bits per heavy atom. The van der Waals surface area contributed by atoms with Crippen LogP contribution < -0.4 is 14.2 Å². The van der Waals surface area contributed by atoms with Crippen LogP contribution in [0.15, 0.2) is 146 Å². The first-order chi connectivity index (χ1) is 22.0. The molecule has 0 aromatic heterocycles. The normalized spacial score (nSPS) is 10.6. The second-order valence-corrected chi connectivity index (χ2v) is 9.87. The standard InChI is InChI=1S/C38H24O7/c39-32(25-15-5-1-6-16-25)31-29-23-13-14-24-30(29)33(43-36(40)26-17-7-2-8-18-26)35(45-38(42)28-21-11-4-12-22-28)34(31)44-37(41)27-19-9-3-10-20-27/h1-24H. The number of ether oxygens (including phenoxy) is 3. The highest BCUT2D eigenvalue weighted by atomic mass is 16.6. The molecule has 0 radical (unpaired) electrons. The van der Waals surface area contributed by atoms with E-state index in [2.05, 4.69) is 0 Å². The summed E-state index contributed by atoms with van der Waals surface area (Å²) in [5.74, 6) is -3.83. The van der Waals surface area contributed by atoms with Gasteiger partial charge in [0.1, 0.15) is 0 Å². The molecule has 0 spiro atoms. The van der Waals surface area contributed by atoms with Crippen LogP contribution in [-0.2, 0) is 0 Å². The molecular weight excluding hydrogens is 568 g/mol. The highest BCUT2D eigenvalue weighted by Crippen LogP contribution is 2.48. The van der Waals surface area contributed by atoms with Gasteiger partial charge in [-0.15, -0.1) is 0 Å². The zero-order chi connectivity index (χ0) is 31.2. The number of carbonyl (C=O) groups is 4. The van der Waals surface area contributed by atoms with Gasteiger partial charge in [-0.25, -0.2) is 14.4 Å². The third kappa shape index (κ3) is 6.09. The monoisotopic (exact) mass is 592 g/mol. The van der Waals surface area contributed by atoms with E-state index in [4.69, 9.17) is 14.2 Å². The van der Waals surface area contributed by atoms with Gasteiger partial charge in [0.05, 0.1) is 22.3 Å². The number of hydrogen-bond acceptors (Lipinski definition) is 7. The van der Waals surface area contributed by atoms with Crippen molar-refractivity contribution in [3.8, 4) is 17.2 Å². The van der Waals surface area contributed by atoms with E-state index in [0.29, 0.717) is 10.9 Å². The minimum absolute atomic E-state index is 0.0450. The maximum atomic E-state index is 14.2. The van der Waals surface area contributed by atoms with Crippen molar-refractivity contribution in [2.24, 2.45) is 0 Å². The summed E-state index contributed by atoms with van der Waals surface area (Å²) in [6, 6.07) is 39.7. The Hall–Kier alpha value is -6.34. The van der Waals surface area contributed by atoms with Crippen molar-refractivity contribution in [1.82, 2.24) is 0 Å². The molecule has 0 saturated carbocycles. The lowest BCUT2D eigenvalue weighted by Crippen LogP contribution is -2.18. The van der Waals surface area contributed by atoms with E-state index in [1.54, 1.807) is 146 Å². The number of ketones is 1. The van der Waals surface area contributed by atoms with Crippen LogP contribution in [0.1, 0.15) is 47.0 Å². The van der Waals surface area contributed by atoms with Crippen molar-refractivity contribution in [1.29, 1.82) is 0 Å². The summed E-state index contributed by atoms with van der Waals surface area (Å²) in [5.41, 5.74) is 0.855. The van der Waals surface area contributed by atoms with E-state index in [1.165, 1.54) is 0 Å². The van der Waals surface area contributed by atoms with E-state index in [1.807, 2.05) is 0 Å². The van der Waals surface area contributed by atoms with Crippen LogP contribution in [0.5, 0.6) is 17.2 Å². The van der Waals surface area contributed by atoms with Gasteiger partial charge in [-0.3, -0.25) is 4.79 Å². The van der Waals surface area contributed by atoms with Crippen LogP contribution in [0, 0.1) is 0 Å². The number of benzene rings is 6. The maximum absolute atomic E-state index is 14.2. The van der Waals surface area contributed by atoms with Crippen molar-refractivity contribution < 1.29 is 33.4 Å². The van der Waals surface area contributed by atoms with E-state index < -0.39 is 29.4 Å². The minimum Gasteiger partial charge on any atom is -0.418 e. The Labute approximate surface area is 258 Å². The fourth-order valence-corrected chi connectivity index (χ4v) is 4.79. The van der Waals surface area contributed by atoms with Crippen LogP contribution in [0.4, 0.5) is 0 Å². The number of carbonyl (C=O) groups excluding carboxylic acids is 4. The topological polar surface area (TPSA) is 96.0 Å². The summed E-state index contributed by atoms with van der Waals surface area (Å²) in [6.07, 6.45) is 0. The van der Waals surface area contributed by atoms with Crippen molar-refractivity contribution in [3.63, 3.8) is 0 Å². The lowest BCUT2D eigenvalue weighted by atomic mass is 9.94. The van der Waals surface area contributed by atoms with Gasteiger partial charge in [0.25, 0.3) is 0 Å². The van der Waals surface area contributed by atoms with Gasteiger partial charge in [0.2, 0.25) is 5.75 Å². The maximum Gasteiger partial charge on any atom is 0.343 e. The summed E-state index contributed by atoms with van der Waals surface area (Å²) in [5, 5.41) is 0.606. The summed E-state index contributed by atoms with van der Waals surface area (Å²) in [6.45, 7) is 0. The predicted octanol–water partition coefficient (Wildman–Crippen LogP) is 7.73. The molecule has 0 amide bonds. The zero-order valence-electron chi connectivity index (χ0n) is 23.7. The van der Waals surface area contributed by atoms with E-state index in [0.717, 1.165) is 0 Å². The molecule has 0 N–H and O–H groups in total. The first kappa shape index (κ1) is 28.8. The van der Waals surface area contributed by atoms with Gasteiger partial charge in [-0.1, -0.05) is 109 Å². The quantitative estimate of drug-likeness (QED) is 0.101. The average molecular weight is 593 g/mol. The molecule has 218 valence electrons. The number of hydrogen-bond donors (Lipinski definition) is 0. The predicted molar refractivity (Wildman–Crippen MR) is 168 cm³/mol. The molecule has 0 atom stereocenters. The molecule has 0 fully saturated rings. The highest BCUT2D eigenvalue weighted by Gasteiger charge is 2.32. The molecule has 0 bridgehead atoms. The second-order valence-electron chi connectivity index (χ2n) is 9.87. The molecule has 0 aliphatic heterocycles. The van der Waals surface area contributed by atoms with Gasteiger partial charge < -0.3 is 14.2 Å². The third-order valence-electron chi connectivity index (χ3n) is 6.96. The van der Waals surface area contributed by atoms with E-state index >= 15 is 0 Å². The van der Waals surface area contributed by atoms with E-state index in [-0.39, 0.29) is 39.1 Å². The molecule has 0 saturated heterocycles. The Morgan fingerprint density at radius 1 is 0.333 bits per heavy atom. The fraction of sp³-hybridized carbons (Fsp3) is 0. The van der Waals surface area contributed by atoms with Gasteiger partial charge >= 0.3 is 17.9 Å². The van der Waals surface area contributed by atoms with Gasteiger partial charge in [-0.05, 0) is 36.4 Å². The molecule has 0 heterocycles. The highest BCUT2D eigenvalue weighted by molar-refractivity contribution is 6.21. The number of rotatable bonds is 8. The summed E-state index contributed by atoms with van der Waals surface area (Å²) >= 11 is 0. The fourth-order valence-electron chi connectivity index (χ4n) is 4.79. The molecular formula is C38H24O7. The van der Waals surface area contributed by atoms with Gasteiger partial charge in [0, 0.05) is 16.3 Å². The van der Waals surface area contributed by atoms with Crippen LogP contribution >= 0.6 is 0 Å². The van der Waals surface area contributed by atoms with E-state index in [9.17, 15) is 19.2 Å². The number of fused-ring (bicyclic) bond motifs is 1.